The monoisotopic (exact) mass is 435 g/mol. The third-order valence-corrected chi connectivity index (χ3v) is 6.07. The first kappa shape index (κ1) is 21.8. The highest BCUT2D eigenvalue weighted by Gasteiger charge is 2.25. The van der Waals surface area contributed by atoms with Gasteiger partial charge in [-0.05, 0) is 48.7 Å². The van der Waals surface area contributed by atoms with Crippen LogP contribution in [0.5, 0.6) is 5.75 Å². The number of nitrogens with zero attached hydrogens (tertiary/aromatic N) is 5. The standard InChI is InChI=1S/C24H29N5O3/c1-17-5-4-6-21(18(17)2)27-11-13-28(14-12-27)24(31)23-25-16-29(26-23)15-22(30)19-7-9-20(32-3)10-8-19/h4-10,16,22,30H,11-15H2,1-3H3/t22-/m1/s1. The van der Waals surface area contributed by atoms with Crippen molar-refractivity contribution in [3.05, 3.63) is 71.3 Å². The maximum Gasteiger partial charge on any atom is 0.293 e. The summed E-state index contributed by atoms with van der Waals surface area (Å²) in [6, 6.07) is 13.5. The molecule has 168 valence electrons. The Bertz CT molecular complexity index is 1070. The van der Waals surface area contributed by atoms with E-state index in [4.69, 9.17) is 4.74 Å². The van der Waals surface area contributed by atoms with Gasteiger partial charge in [-0.3, -0.25) is 4.79 Å². The average molecular weight is 436 g/mol. The Morgan fingerprint density at radius 2 is 1.81 bits per heavy atom. The molecule has 0 bridgehead atoms. The van der Waals surface area contributed by atoms with E-state index in [-0.39, 0.29) is 18.3 Å². The first-order valence-electron chi connectivity index (χ1n) is 10.8. The van der Waals surface area contributed by atoms with Crippen LogP contribution in [0.25, 0.3) is 0 Å². The summed E-state index contributed by atoms with van der Waals surface area (Å²) in [4.78, 5) is 21.2. The van der Waals surface area contributed by atoms with Gasteiger partial charge in [0.05, 0.1) is 19.8 Å². The van der Waals surface area contributed by atoms with Crippen molar-refractivity contribution >= 4 is 11.6 Å². The zero-order valence-electron chi connectivity index (χ0n) is 18.7. The highest BCUT2D eigenvalue weighted by Crippen LogP contribution is 2.24. The van der Waals surface area contributed by atoms with Gasteiger partial charge in [-0.25, -0.2) is 9.67 Å². The minimum Gasteiger partial charge on any atom is -0.497 e. The number of methoxy groups -OCH3 is 1. The maximum absolute atomic E-state index is 12.9. The number of aryl methyl sites for hydroxylation is 1. The molecular formula is C24H29N5O3. The van der Waals surface area contributed by atoms with E-state index in [0.717, 1.165) is 24.4 Å². The molecule has 1 fully saturated rings. The lowest BCUT2D eigenvalue weighted by molar-refractivity contribution is 0.0733. The molecule has 0 unspecified atom stereocenters. The maximum atomic E-state index is 12.9. The minimum atomic E-state index is -0.758. The van der Waals surface area contributed by atoms with Gasteiger partial charge in [0.25, 0.3) is 5.91 Å². The summed E-state index contributed by atoms with van der Waals surface area (Å²) < 4.78 is 6.65. The van der Waals surface area contributed by atoms with Crippen LogP contribution in [0.1, 0.15) is 33.4 Å². The van der Waals surface area contributed by atoms with Crippen molar-refractivity contribution < 1.29 is 14.6 Å². The Hall–Kier alpha value is -3.39. The molecule has 1 amide bonds. The Morgan fingerprint density at radius 1 is 1.09 bits per heavy atom. The molecule has 3 aromatic rings. The van der Waals surface area contributed by atoms with Gasteiger partial charge in [0, 0.05) is 31.9 Å². The number of carbonyl (C=O) groups excluding carboxylic acids is 1. The molecule has 0 saturated carbocycles. The van der Waals surface area contributed by atoms with E-state index in [9.17, 15) is 9.90 Å². The molecule has 1 aliphatic rings. The van der Waals surface area contributed by atoms with Crippen LogP contribution >= 0.6 is 0 Å². The number of aromatic nitrogens is 3. The van der Waals surface area contributed by atoms with Crippen LogP contribution in [-0.2, 0) is 6.54 Å². The zero-order valence-corrected chi connectivity index (χ0v) is 18.7. The lowest BCUT2D eigenvalue weighted by Gasteiger charge is -2.36. The molecule has 1 atom stereocenters. The van der Waals surface area contributed by atoms with Gasteiger partial charge < -0.3 is 19.6 Å². The highest BCUT2D eigenvalue weighted by atomic mass is 16.5. The van der Waals surface area contributed by atoms with Gasteiger partial charge in [-0.2, -0.15) is 0 Å². The fourth-order valence-corrected chi connectivity index (χ4v) is 3.96. The van der Waals surface area contributed by atoms with Crippen molar-refractivity contribution in [2.75, 3.05) is 38.2 Å². The lowest BCUT2D eigenvalue weighted by atomic mass is 10.1. The smallest absolute Gasteiger partial charge is 0.293 e. The van der Waals surface area contributed by atoms with Crippen molar-refractivity contribution in [2.45, 2.75) is 26.5 Å². The van der Waals surface area contributed by atoms with Crippen LogP contribution in [0.3, 0.4) is 0 Å². The summed E-state index contributed by atoms with van der Waals surface area (Å²) in [5, 5.41) is 14.8. The third-order valence-electron chi connectivity index (χ3n) is 6.07. The van der Waals surface area contributed by atoms with Crippen molar-refractivity contribution in [1.29, 1.82) is 0 Å². The number of amides is 1. The van der Waals surface area contributed by atoms with Crippen molar-refractivity contribution in [2.24, 2.45) is 0 Å². The van der Waals surface area contributed by atoms with Gasteiger partial charge in [0.1, 0.15) is 12.1 Å². The predicted octanol–water partition coefficient (Wildman–Crippen LogP) is 2.60. The summed E-state index contributed by atoms with van der Waals surface area (Å²) in [5.74, 6) is 0.711. The molecule has 1 saturated heterocycles. The van der Waals surface area contributed by atoms with Crippen LogP contribution in [0.4, 0.5) is 5.69 Å². The molecule has 2 heterocycles. The topological polar surface area (TPSA) is 83.7 Å². The molecular weight excluding hydrogens is 406 g/mol. The highest BCUT2D eigenvalue weighted by molar-refractivity contribution is 5.90. The van der Waals surface area contributed by atoms with Gasteiger partial charge in [0.15, 0.2) is 0 Å². The fraction of sp³-hybridized carbons (Fsp3) is 0.375. The van der Waals surface area contributed by atoms with Crippen molar-refractivity contribution in [3.8, 4) is 5.75 Å². The number of carbonyl (C=O) groups is 1. The molecule has 0 radical (unpaired) electrons. The largest absolute Gasteiger partial charge is 0.497 e. The van der Waals surface area contributed by atoms with Gasteiger partial charge in [-0.15, -0.1) is 5.10 Å². The Morgan fingerprint density at radius 3 is 2.50 bits per heavy atom. The van der Waals surface area contributed by atoms with Crippen LogP contribution in [0.15, 0.2) is 48.8 Å². The SMILES string of the molecule is COc1ccc([C@H](O)Cn2cnc(C(=O)N3CCN(c4cccc(C)c4C)CC3)n2)cc1. The number of hydrogen-bond donors (Lipinski definition) is 1. The number of piperazine rings is 1. The molecule has 1 aliphatic heterocycles. The molecule has 4 rings (SSSR count). The second kappa shape index (κ2) is 9.40. The van der Waals surface area contributed by atoms with E-state index in [2.05, 4.69) is 47.0 Å². The number of anilines is 1. The summed E-state index contributed by atoms with van der Waals surface area (Å²) in [5.41, 5.74) is 4.53. The Labute approximate surface area is 188 Å². The Balaban J connectivity index is 1.35. The van der Waals surface area contributed by atoms with Crippen LogP contribution in [-0.4, -0.2) is 64.0 Å². The molecule has 8 nitrogen and oxygen atoms in total. The molecule has 0 aliphatic carbocycles. The number of ether oxygens (including phenoxy) is 1. The first-order valence-corrected chi connectivity index (χ1v) is 10.8. The Kier molecular flexibility index (Phi) is 6.41. The van der Waals surface area contributed by atoms with E-state index in [1.165, 1.54) is 27.8 Å². The van der Waals surface area contributed by atoms with Gasteiger partial charge in [0.2, 0.25) is 5.82 Å². The number of aliphatic hydroxyl groups excluding tert-OH is 1. The molecule has 0 spiro atoms. The average Bonchev–Trinajstić information content (AvgIpc) is 3.29. The van der Waals surface area contributed by atoms with E-state index in [0.29, 0.717) is 13.1 Å². The quantitative estimate of drug-likeness (QED) is 0.641. The number of aliphatic hydroxyl groups is 1. The normalized spacial score (nSPS) is 15.0. The summed E-state index contributed by atoms with van der Waals surface area (Å²) in [6.45, 7) is 7.25. The van der Waals surface area contributed by atoms with Crippen molar-refractivity contribution in [1.82, 2.24) is 19.7 Å². The summed E-state index contributed by atoms with van der Waals surface area (Å²) in [7, 11) is 1.60. The van der Waals surface area contributed by atoms with Gasteiger partial charge >= 0.3 is 0 Å². The molecule has 8 heteroatoms. The molecule has 2 aromatic carbocycles. The molecule has 1 aromatic heterocycles. The number of rotatable bonds is 6. The van der Waals surface area contributed by atoms with E-state index < -0.39 is 6.10 Å². The zero-order chi connectivity index (χ0) is 22.7. The minimum absolute atomic E-state index is 0.159. The van der Waals surface area contributed by atoms with Crippen LogP contribution < -0.4 is 9.64 Å². The van der Waals surface area contributed by atoms with E-state index in [1.807, 2.05) is 12.1 Å². The first-order chi connectivity index (χ1) is 15.5. The molecule has 32 heavy (non-hydrogen) atoms. The molecule has 1 N–H and O–H groups in total. The van der Waals surface area contributed by atoms with Crippen molar-refractivity contribution in [3.63, 3.8) is 0 Å². The van der Waals surface area contributed by atoms with Crippen LogP contribution in [0.2, 0.25) is 0 Å². The second-order valence-corrected chi connectivity index (χ2v) is 8.08. The predicted molar refractivity (Wildman–Crippen MR) is 122 cm³/mol. The van der Waals surface area contributed by atoms with Crippen LogP contribution in [0, 0.1) is 13.8 Å². The third kappa shape index (κ3) is 4.60. The number of hydrogen-bond acceptors (Lipinski definition) is 6. The lowest BCUT2D eigenvalue weighted by Crippen LogP contribution is -2.49. The van der Waals surface area contributed by atoms with Gasteiger partial charge in [-0.1, -0.05) is 24.3 Å². The summed E-state index contributed by atoms with van der Waals surface area (Å²) in [6.07, 6.45) is 0.735. The number of benzene rings is 2. The second-order valence-electron chi connectivity index (χ2n) is 8.08. The van der Waals surface area contributed by atoms with E-state index >= 15 is 0 Å². The summed E-state index contributed by atoms with van der Waals surface area (Å²) >= 11 is 0. The van der Waals surface area contributed by atoms with E-state index in [1.54, 1.807) is 24.1 Å². The fourth-order valence-electron chi connectivity index (χ4n) is 3.96.